The molecule has 4 aliphatic rings. The van der Waals surface area contributed by atoms with Crippen molar-refractivity contribution in [2.45, 2.75) is 39.8 Å². The van der Waals surface area contributed by atoms with E-state index in [4.69, 9.17) is 9.47 Å². The summed E-state index contributed by atoms with van der Waals surface area (Å²) in [5, 5.41) is 24.7. The molecule has 0 spiro atoms. The lowest BCUT2D eigenvalue weighted by atomic mass is 9.95. The van der Waals surface area contributed by atoms with E-state index in [0.717, 1.165) is 11.1 Å². The van der Waals surface area contributed by atoms with E-state index in [2.05, 4.69) is 0 Å². The first-order chi connectivity index (χ1) is 32.9. The Hall–Kier alpha value is -8.28. The maximum atomic E-state index is 13.5. The molecule has 14 nitrogen and oxygen atoms in total. The number of nitrogens with zero attached hydrogens (tertiary/aromatic N) is 6. The average Bonchev–Trinajstić information content (AvgIpc) is 3.39. The minimum Gasteiger partial charge on any atom is -0.502 e. The van der Waals surface area contributed by atoms with Crippen molar-refractivity contribution in [2.75, 3.05) is 49.7 Å². The van der Waals surface area contributed by atoms with E-state index >= 15 is 0 Å². The molecule has 364 valence electrons. The number of aromatic nitrogens is 2. The van der Waals surface area contributed by atoms with Gasteiger partial charge in [-0.25, -0.2) is 17.6 Å². The molecule has 0 saturated heterocycles. The molecule has 0 saturated carbocycles. The molecule has 0 fully saturated rings. The Morgan fingerprint density at radius 1 is 0.514 bits per heavy atom. The number of fused-ring (bicyclic) bond motifs is 10. The summed E-state index contributed by atoms with van der Waals surface area (Å²) in [4.78, 5) is 53.7. The molecule has 0 radical (unpaired) electrons. The third kappa shape index (κ3) is 9.44. The van der Waals surface area contributed by atoms with Crippen LogP contribution >= 0.6 is 0 Å². The fraction of sp³-hybridized carbons (Fsp3) is 0.231. The van der Waals surface area contributed by atoms with Crippen molar-refractivity contribution in [3.8, 4) is 23.0 Å². The topological polar surface area (TPSA) is 150 Å². The third-order valence-corrected chi connectivity index (χ3v) is 11.9. The quantitative estimate of drug-likeness (QED) is 0.130. The Labute approximate surface area is 400 Å². The first-order valence-corrected chi connectivity index (χ1v) is 21.4. The van der Waals surface area contributed by atoms with Gasteiger partial charge in [-0.2, -0.15) is 0 Å². The molecule has 18 heteroatoms. The first kappa shape index (κ1) is 49.6. The van der Waals surface area contributed by atoms with Crippen LogP contribution in [-0.4, -0.2) is 80.8 Å². The summed E-state index contributed by atoms with van der Waals surface area (Å²) < 4.78 is 68.7. The molecule has 0 aliphatic carbocycles. The fourth-order valence-corrected chi connectivity index (χ4v) is 8.65. The number of hydrogen-bond donors (Lipinski definition) is 2. The number of carbonyl (C=O) groups excluding carboxylic acids is 2. The van der Waals surface area contributed by atoms with Gasteiger partial charge in [0, 0.05) is 59.9 Å². The molecular formula is C52H50F4N6O8. The third-order valence-electron chi connectivity index (χ3n) is 11.9. The lowest BCUT2D eigenvalue weighted by molar-refractivity contribution is 0.0694. The maximum Gasteiger partial charge on any atom is 0.278 e. The Balaban J connectivity index is 0.000000201. The molecule has 70 heavy (non-hydrogen) atoms. The lowest BCUT2D eigenvalue weighted by Crippen LogP contribution is -2.55. The minimum atomic E-state index is -2.66. The molecule has 2 N–H and O–H groups in total. The van der Waals surface area contributed by atoms with Crippen LogP contribution in [0.2, 0.25) is 0 Å². The molecule has 0 unspecified atom stereocenters. The summed E-state index contributed by atoms with van der Waals surface area (Å²) in [6.07, 6.45) is 4.40. The van der Waals surface area contributed by atoms with Crippen LogP contribution in [0, 0.1) is 0 Å². The predicted molar refractivity (Wildman–Crippen MR) is 255 cm³/mol. The second-order valence-electron chi connectivity index (χ2n) is 16.0. The molecular weight excluding hydrogens is 913 g/mol. The standard InChI is InChI=1S/2C25H21F2N3O4.2CH4/c2*26-24(27)17-8-9-18-20(14-17)34-13-5-4-11-28-15-30(21(18)16-6-2-1-3-7-16)29-12-10-19(31)23(32)22(29)25(28)33;;/h2*1-10,12,14,21,24,32H,11,13,15H2;2*1H4/b2*5-4-;;/t2*21-;;/m10../s1. The van der Waals surface area contributed by atoms with Gasteiger partial charge in [0.25, 0.3) is 24.7 Å². The minimum absolute atomic E-state index is 0. The zero-order valence-electron chi connectivity index (χ0n) is 35.9. The van der Waals surface area contributed by atoms with Crippen LogP contribution in [0.4, 0.5) is 17.6 Å². The van der Waals surface area contributed by atoms with E-state index in [0.29, 0.717) is 11.1 Å². The number of ether oxygens (including phenoxy) is 2. The Morgan fingerprint density at radius 3 is 1.27 bits per heavy atom. The number of benzene rings is 4. The Kier molecular flexibility index (Phi) is 14.8. The van der Waals surface area contributed by atoms with Crippen molar-refractivity contribution in [3.05, 3.63) is 211 Å². The summed E-state index contributed by atoms with van der Waals surface area (Å²) in [6.45, 7) is 0.906. The largest absolute Gasteiger partial charge is 0.502 e. The maximum absolute atomic E-state index is 13.5. The van der Waals surface area contributed by atoms with Gasteiger partial charge in [-0.3, -0.25) is 38.5 Å². The highest BCUT2D eigenvalue weighted by molar-refractivity contribution is 5.97. The summed E-state index contributed by atoms with van der Waals surface area (Å²) in [5.41, 5.74) is 0.853. The van der Waals surface area contributed by atoms with Crippen LogP contribution in [-0.2, 0) is 0 Å². The number of halogens is 4. The number of carbonyl (C=O) groups is 2. The molecule has 4 aromatic carbocycles. The second-order valence-corrected chi connectivity index (χ2v) is 16.0. The fourth-order valence-electron chi connectivity index (χ4n) is 8.65. The van der Waals surface area contributed by atoms with Gasteiger partial charge >= 0.3 is 0 Å². The second kappa shape index (κ2) is 20.9. The molecule has 10 rings (SSSR count). The highest BCUT2D eigenvalue weighted by atomic mass is 19.3. The van der Waals surface area contributed by atoms with Gasteiger partial charge < -0.3 is 29.5 Å². The number of rotatable bonds is 4. The predicted octanol–water partition coefficient (Wildman–Crippen LogP) is 8.43. The molecule has 2 amide bonds. The van der Waals surface area contributed by atoms with Crippen LogP contribution < -0.4 is 30.3 Å². The van der Waals surface area contributed by atoms with Gasteiger partial charge in [0.1, 0.15) is 50.1 Å². The monoisotopic (exact) mass is 962 g/mol. The SMILES string of the molecule is C.C.O=C1c2c(O)c(=O)ccn2N2CN1C/C=C\COc1cc(C(F)F)ccc1[C@@H]2c1ccccc1.O=C1c2c(O)c(=O)ccn2N2CN1C/C=C\COc1cc(C(F)F)ccc1[C@H]2c1ccccc1. The molecule has 2 atom stereocenters. The van der Waals surface area contributed by atoms with Crippen molar-refractivity contribution in [1.82, 2.24) is 19.2 Å². The number of alkyl halides is 4. The highest BCUT2D eigenvalue weighted by Gasteiger charge is 2.39. The summed E-state index contributed by atoms with van der Waals surface area (Å²) in [7, 11) is 0. The summed E-state index contributed by atoms with van der Waals surface area (Å²) in [5.74, 6) is -1.69. The van der Waals surface area contributed by atoms with E-state index < -0.39 is 59.1 Å². The molecule has 6 heterocycles. The van der Waals surface area contributed by atoms with Gasteiger partial charge in [-0.15, -0.1) is 0 Å². The highest BCUT2D eigenvalue weighted by Crippen LogP contribution is 2.41. The van der Waals surface area contributed by atoms with Gasteiger partial charge in [-0.05, 0) is 35.4 Å². The first-order valence-electron chi connectivity index (χ1n) is 21.4. The summed E-state index contributed by atoms with van der Waals surface area (Å²) in [6, 6.07) is 28.4. The van der Waals surface area contributed by atoms with E-state index in [-0.39, 0.29) is 88.5 Å². The summed E-state index contributed by atoms with van der Waals surface area (Å²) >= 11 is 0. The molecule has 4 bridgehead atoms. The van der Waals surface area contributed by atoms with Crippen molar-refractivity contribution in [3.63, 3.8) is 0 Å². The van der Waals surface area contributed by atoms with E-state index in [1.165, 1.54) is 67.9 Å². The molecule has 4 aliphatic heterocycles. The van der Waals surface area contributed by atoms with Crippen LogP contribution in [0.25, 0.3) is 0 Å². The molecule has 6 aromatic rings. The Bertz CT molecular complexity index is 2850. The van der Waals surface area contributed by atoms with Crippen molar-refractivity contribution >= 4 is 11.8 Å². The lowest BCUT2D eigenvalue weighted by Gasteiger charge is -2.43. The number of pyridine rings is 2. The average molecular weight is 963 g/mol. The smallest absolute Gasteiger partial charge is 0.278 e. The van der Waals surface area contributed by atoms with Gasteiger partial charge in [-0.1, -0.05) is 112 Å². The van der Waals surface area contributed by atoms with Crippen LogP contribution in [0.5, 0.6) is 23.0 Å². The zero-order chi connectivity index (χ0) is 47.6. The van der Waals surface area contributed by atoms with Crippen molar-refractivity contribution < 1.29 is 46.8 Å². The Morgan fingerprint density at radius 2 is 0.900 bits per heavy atom. The number of hydrogen-bond acceptors (Lipinski definition) is 10. The van der Waals surface area contributed by atoms with Crippen molar-refractivity contribution in [1.29, 1.82) is 0 Å². The van der Waals surface area contributed by atoms with E-state index in [1.54, 1.807) is 46.5 Å². The van der Waals surface area contributed by atoms with Gasteiger partial charge in [0.15, 0.2) is 22.9 Å². The van der Waals surface area contributed by atoms with Crippen molar-refractivity contribution in [2.24, 2.45) is 0 Å². The zero-order valence-corrected chi connectivity index (χ0v) is 35.9. The number of aromatic hydroxyl groups is 2. The van der Waals surface area contributed by atoms with Crippen LogP contribution in [0.1, 0.15) is 94.1 Å². The normalized spacial score (nSPS) is 18.0. The van der Waals surface area contributed by atoms with Gasteiger partial charge in [0.2, 0.25) is 10.9 Å². The van der Waals surface area contributed by atoms with E-state index in [1.807, 2.05) is 60.7 Å². The van der Waals surface area contributed by atoms with Crippen LogP contribution in [0.15, 0.2) is 155 Å². The number of amides is 2. The van der Waals surface area contributed by atoms with Crippen LogP contribution in [0.3, 0.4) is 0 Å². The molecule has 2 aromatic heterocycles. The van der Waals surface area contributed by atoms with Gasteiger partial charge in [0.05, 0.1) is 0 Å². The van der Waals surface area contributed by atoms with E-state index in [9.17, 15) is 47.0 Å².